The predicted molar refractivity (Wildman–Crippen MR) is 114 cm³/mol. The van der Waals surface area contributed by atoms with Crippen molar-refractivity contribution in [2.75, 3.05) is 14.2 Å². The maximum absolute atomic E-state index is 13.3. The van der Waals surface area contributed by atoms with Crippen LogP contribution in [0.15, 0.2) is 23.5 Å². The highest BCUT2D eigenvalue weighted by Gasteiger charge is 2.55. The van der Waals surface area contributed by atoms with Crippen LogP contribution in [0, 0.1) is 0 Å². The zero-order valence-corrected chi connectivity index (χ0v) is 18.8. The van der Waals surface area contributed by atoms with Crippen molar-refractivity contribution >= 4 is 5.97 Å². The zero-order chi connectivity index (χ0) is 21.6. The Morgan fingerprint density at radius 1 is 1.03 bits per heavy atom. The Kier molecular flexibility index (Phi) is 5.16. The number of ether oxygens (including phenoxy) is 5. The number of hydrogen-bond acceptors (Lipinski definition) is 6. The van der Waals surface area contributed by atoms with Crippen molar-refractivity contribution in [2.45, 2.75) is 88.6 Å². The van der Waals surface area contributed by atoms with Crippen LogP contribution >= 0.6 is 0 Å². The lowest BCUT2D eigenvalue weighted by molar-refractivity contribution is -0.272. The molecule has 0 aromatic heterocycles. The minimum atomic E-state index is -0.750. The number of carbonyl (C=O) groups is 1. The van der Waals surface area contributed by atoms with Gasteiger partial charge in [0.1, 0.15) is 23.0 Å². The fraction of sp³-hybridized carbons (Fsp3) is 0.640. The van der Waals surface area contributed by atoms with Crippen molar-refractivity contribution in [1.82, 2.24) is 0 Å². The van der Waals surface area contributed by atoms with E-state index in [1.165, 1.54) is 6.42 Å². The van der Waals surface area contributed by atoms with Crippen LogP contribution in [0.1, 0.15) is 81.9 Å². The second-order valence-corrected chi connectivity index (χ2v) is 9.34. The Labute approximate surface area is 183 Å². The van der Waals surface area contributed by atoms with Crippen LogP contribution in [0.4, 0.5) is 0 Å². The van der Waals surface area contributed by atoms with Gasteiger partial charge in [0, 0.05) is 19.3 Å². The maximum atomic E-state index is 13.3. The van der Waals surface area contributed by atoms with E-state index in [0.717, 1.165) is 61.8 Å². The molecule has 1 aromatic carbocycles. The topological polar surface area (TPSA) is 63.2 Å². The van der Waals surface area contributed by atoms with Crippen LogP contribution in [0.2, 0.25) is 0 Å². The summed E-state index contributed by atoms with van der Waals surface area (Å²) in [6.07, 6.45) is 8.82. The summed E-state index contributed by atoms with van der Waals surface area (Å²) in [6, 6.07) is 3.94. The molecule has 3 aliphatic heterocycles. The largest absolute Gasteiger partial charge is 0.493 e. The molecule has 5 rings (SSSR count). The molecule has 1 aromatic rings. The second kappa shape index (κ2) is 7.73. The molecule has 0 saturated heterocycles. The van der Waals surface area contributed by atoms with E-state index in [4.69, 9.17) is 23.7 Å². The van der Waals surface area contributed by atoms with E-state index < -0.39 is 17.5 Å². The van der Waals surface area contributed by atoms with E-state index in [9.17, 15) is 4.79 Å². The van der Waals surface area contributed by atoms with Gasteiger partial charge in [0.05, 0.1) is 14.2 Å². The molecule has 6 nitrogen and oxygen atoms in total. The van der Waals surface area contributed by atoms with Crippen LogP contribution < -0.4 is 9.47 Å². The van der Waals surface area contributed by atoms with Gasteiger partial charge in [-0.2, -0.15) is 0 Å². The summed E-state index contributed by atoms with van der Waals surface area (Å²) in [5, 5.41) is 0. The average molecular weight is 429 g/mol. The lowest BCUT2D eigenvalue weighted by Gasteiger charge is -2.51. The lowest BCUT2D eigenvalue weighted by Crippen LogP contribution is -2.52. The molecule has 0 unspecified atom stereocenters. The Bertz CT molecular complexity index is 913. The van der Waals surface area contributed by atoms with E-state index in [2.05, 4.69) is 6.92 Å². The molecule has 2 atom stereocenters. The fourth-order valence-corrected chi connectivity index (χ4v) is 5.70. The molecular weight excluding hydrogens is 396 g/mol. The third-order valence-electron chi connectivity index (χ3n) is 7.28. The van der Waals surface area contributed by atoms with Gasteiger partial charge in [0.2, 0.25) is 5.79 Å². The summed E-state index contributed by atoms with van der Waals surface area (Å²) in [7, 11) is 3.26. The first-order valence-corrected chi connectivity index (χ1v) is 11.6. The summed E-state index contributed by atoms with van der Waals surface area (Å²) in [5.41, 5.74) is 2.13. The number of fused-ring (bicyclic) bond motifs is 5. The molecule has 1 fully saturated rings. The van der Waals surface area contributed by atoms with Crippen LogP contribution in [0.5, 0.6) is 11.5 Å². The molecule has 0 amide bonds. The zero-order valence-electron chi connectivity index (χ0n) is 18.8. The van der Waals surface area contributed by atoms with E-state index in [1.54, 1.807) is 14.2 Å². The number of rotatable bonds is 5. The molecule has 0 radical (unpaired) electrons. The quantitative estimate of drug-likeness (QED) is 0.605. The highest BCUT2D eigenvalue weighted by molar-refractivity contribution is 5.92. The van der Waals surface area contributed by atoms with Crippen LogP contribution in [-0.4, -0.2) is 31.6 Å². The lowest BCUT2D eigenvalue weighted by atomic mass is 9.77. The minimum Gasteiger partial charge on any atom is -0.493 e. The van der Waals surface area contributed by atoms with Crippen molar-refractivity contribution in [3.05, 3.63) is 34.6 Å². The van der Waals surface area contributed by atoms with Gasteiger partial charge >= 0.3 is 5.97 Å². The van der Waals surface area contributed by atoms with Gasteiger partial charge in [-0.3, -0.25) is 0 Å². The summed E-state index contributed by atoms with van der Waals surface area (Å²) in [6.45, 7) is 2.17. The Morgan fingerprint density at radius 2 is 1.77 bits per heavy atom. The molecule has 168 valence electrons. The molecule has 3 heterocycles. The molecule has 1 spiro atoms. The Morgan fingerprint density at radius 3 is 2.48 bits per heavy atom. The van der Waals surface area contributed by atoms with Gasteiger partial charge in [-0.15, -0.1) is 0 Å². The predicted octanol–water partition coefficient (Wildman–Crippen LogP) is 5.14. The molecular formula is C25H32O6. The van der Waals surface area contributed by atoms with Gasteiger partial charge in [-0.25, -0.2) is 4.79 Å². The minimum absolute atomic E-state index is 0.292. The molecule has 31 heavy (non-hydrogen) atoms. The van der Waals surface area contributed by atoms with Crippen molar-refractivity contribution in [1.29, 1.82) is 0 Å². The fourth-order valence-electron chi connectivity index (χ4n) is 5.70. The van der Waals surface area contributed by atoms with Crippen molar-refractivity contribution in [3.8, 4) is 11.5 Å². The summed E-state index contributed by atoms with van der Waals surface area (Å²) < 4.78 is 30.3. The van der Waals surface area contributed by atoms with Gasteiger partial charge in [0.25, 0.3) is 0 Å². The number of methoxy groups -OCH3 is 2. The second-order valence-electron chi connectivity index (χ2n) is 9.34. The van der Waals surface area contributed by atoms with E-state index in [1.807, 2.05) is 12.1 Å². The molecule has 6 heteroatoms. The van der Waals surface area contributed by atoms with Gasteiger partial charge in [-0.05, 0) is 55.4 Å². The number of hydrogen-bond donors (Lipinski definition) is 0. The molecule has 0 N–H and O–H groups in total. The maximum Gasteiger partial charge on any atom is 0.341 e. The molecule has 1 aliphatic carbocycles. The highest BCUT2D eigenvalue weighted by Crippen LogP contribution is 2.54. The highest BCUT2D eigenvalue weighted by atomic mass is 16.7. The van der Waals surface area contributed by atoms with Gasteiger partial charge < -0.3 is 23.7 Å². The summed E-state index contributed by atoms with van der Waals surface area (Å²) in [5.74, 6) is 1.05. The first-order valence-electron chi connectivity index (χ1n) is 11.6. The Balaban J connectivity index is 1.61. The van der Waals surface area contributed by atoms with Gasteiger partial charge in [-0.1, -0.05) is 19.8 Å². The SMILES string of the molecule is CCCC[C@]12Cc3cc(OC)c(OC)cc3[C@H](O1)C1=C(CC3(CCCCC3)OC1=O)O2. The average Bonchev–Trinajstić information content (AvgIpc) is 2.76. The summed E-state index contributed by atoms with van der Waals surface area (Å²) >= 11 is 0. The van der Waals surface area contributed by atoms with Crippen LogP contribution in [-0.2, 0) is 25.4 Å². The normalized spacial score (nSPS) is 28.4. The first-order chi connectivity index (χ1) is 15.0. The van der Waals surface area contributed by atoms with E-state index in [0.29, 0.717) is 29.9 Å². The number of esters is 1. The molecule has 1 saturated carbocycles. The number of carbonyl (C=O) groups excluding carboxylic acids is 1. The first kappa shape index (κ1) is 20.7. The Hall–Kier alpha value is -2.21. The van der Waals surface area contributed by atoms with E-state index >= 15 is 0 Å². The van der Waals surface area contributed by atoms with E-state index in [-0.39, 0.29) is 5.97 Å². The van der Waals surface area contributed by atoms with Crippen molar-refractivity contribution < 1.29 is 28.5 Å². The summed E-state index contributed by atoms with van der Waals surface area (Å²) in [4.78, 5) is 13.3. The molecule has 4 aliphatic rings. The van der Waals surface area contributed by atoms with Gasteiger partial charge in [0.15, 0.2) is 11.5 Å². The third-order valence-corrected chi connectivity index (χ3v) is 7.28. The monoisotopic (exact) mass is 428 g/mol. The third kappa shape index (κ3) is 3.39. The standard InChI is InChI=1S/C25H32O6/c1-4-5-11-25-14-16-12-18(27-2)19(28-3)13-17(16)22(30-25)21-20(29-25)15-24(31-23(21)26)9-7-6-8-10-24/h12-13,22H,4-11,14-15H2,1-3H3/t22-,25+/m0/s1. The van der Waals surface area contributed by atoms with Crippen molar-refractivity contribution in [2.24, 2.45) is 0 Å². The number of benzene rings is 1. The number of unbranched alkanes of at least 4 members (excludes halogenated alkanes) is 1. The smallest absolute Gasteiger partial charge is 0.341 e. The van der Waals surface area contributed by atoms with Crippen LogP contribution in [0.3, 0.4) is 0 Å². The molecule has 2 bridgehead atoms. The van der Waals surface area contributed by atoms with Crippen LogP contribution in [0.25, 0.3) is 0 Å². The van der Waals surface area contributed by atoms with Crippen molar-refractivity contribution in [3.63, 3.8) is 0 Å².